The summed E-state index contributed by atoms with van der Waals surface area (Å²) in [6.07, 6.45) is 1.59. The predicted octanol–water partition coefficient (Wildman–Crippen LogP) is 3.45. The molecule has 0 aromatic heterocycles. The van der Waals surface area contributed by atoms with E-state index in [1.807, 2.05) is 12.1 Å². The molecular weight excluding hydrogens is 316 g/mol. The molecule has 3 amide bonds. The summed E-state index contributed by atoms with van der Waals surface area (Å²) in [7, 11) is 1.55. The van der Waals surface area contributed by atoms with Gasteiger partial charge in [-0.1, -0.05) is 29.8 Å². The molecule has 2 aromatic rings. The number of rotatable bonds is 3. The van der Waals surface area contributed by atoms with Gasteiger partial charge in [-0.3, -0.25) is 4.79 Å². The van der Waals surface area contributed by atoms with Crippen LogP contribution in [0.15, 0.2) is 54.2 Å². The van der Waals surface area contributed by atoms with E-state index in [0.717, 1.165) is 4.90 Å². The summed E-state index contributed by atoms with van der Waals surface area (Å²) in [5.74, 6) is 0.190. The molecule has 0 aliphatic carbocycles. The summed E-state index contributed by atoms with van der Waals surface area (Å²) in [6.45, 7) is 0. The molecule has 23 heavy (non-hydrogen) atoms. The highest BCUT2D eigenvalue weighted by Gasteiger charge is 2.34. The number of anilines is 1. The second-order valence-electron chi connectivity index (χ2n) is 4.85. The van der Waals surface area contributed by atoms with Gasteiger partial charge in [0.05, 0.1) is 12.8 Å². The molecule has 0 spiro atoms. The van der Waals surface area contributed by atoms with Crippen molar-refractivity contribution in [2.75, 3.05) is 12.0 Å². The van der Waals surface area contributed by atoms with Crippen LogP contribution < -0.4 is 15.0 Å². The number of hydrogen-bond acceptors (Lipinski definition) is 3. The minimum absolute atomic E-state index is 0.189. The average molecular weight is 329 g/mol. The van der Waals surface area contributed by atoms with Gasteiger partial charge in [0, 0.05) is 10.6 Å². The van der Waals surface area contributed by atoms with E-state index in [1.54, 1.807) is 49.6 Å². The number of nitrogens with one attached hydrogen (secondary N) is 1. The Hall–Kier alpha value is -2.79. The number of halogens is 1. The number of nitrogens with zero attached hydrogens (tertiary/aromatic N) is 1. The van der Waals surface area contributed by atoms with Gasteiger partial charge in [0.2, 0.25) is 0 Å². The minimum Gasteiger partial charge on any atom is -0.496 e. The molecule has 0 unspecified atom stereocenters. The maximum Gasteiger partial charge on any atom is 0.333 e. The Kier molecular flexibility index (Phi) is 4.04. The van der Waals surface area contributed by atoms with Crippen LogP contribution in [0.25, 0.3) is 6.08 Å². The molecule has 1 fully saturated rings. The number of para-hydroxylation sites is 1. The molecule has 0 bridgehead atoms. The van der Waals surface area contributed by atoms with E-state index in [4.69, 9.17) is 16.3 Å². The number of urea groups is 1. The third kappa shape index (κ3) is 2.91. The number of carbonyl (C=O) groups excluding carboxylic acids is 2. The third-order valence-corrected chi connectivity index (χ3v) is 3.65. The summed E-state index contributed by atoms with van der Waals surface area (Å²) in [6, 6.07) is 13.2. The van der Waals surface area contributed by atoms with Crippen LogP contribution in [0.4, 0.5) is 10.5 Å². The van der Waals surface area contributed by atoms with Gasteiger partial charge in [0.1, 0.15) is 11.4 Å². The zero-order valence-electron chi connectivity index (χ0n) is 12.2. The molecule has 1 N–H and O–H groups in total. The van der Waals surface area contributed by atoms with Crippen LogP contribution in [0, 0.1) is 0 Å². The highest BCUT2D eigenvalue weighted by molar-refractivity contribution is 6.31. The molecule has 5 nitrogen and oxygen atoms in total. The summed E-state index contributed by atoms with van der Waals surface area (Å²) < 4.78 is 5.25. The Balaban J connectivity index is 1.95. The van der Waals surface area contributed by atoms with Gasteiger partial charge >= 0.3 is 6.03 Å². The number of ether oxygens (including phenoxy) is 1. The number of carbonyl (C=O) groups is 2. The fourth-order valence-electron chi connectivity index (χ4n) is 2.30. The summed E-state index contributed by atoms with van der Waals surface area (Å²) >= 11 is 5.83. The van der Waals surface area contributed by atoms with Crippen molar-refractivity contribution in [3.05, 3.63) is 64.8 Å². The molecule has 116 valence electrons. The standard InChI is InChI=1S/C17H13ClN2O3/c1-23-15-5-3-2-4-11(15)10-14-16(21)20(17(22)19-14)13-8-6-12(18)7-9-13/h2-10H,1H3,(H,19,22)/b14-10-. The number of amides is 3. The Bertz CT molecular complexity index is 800. The van der Waals surface area contributed by atoms with E-state index in [0.29, 0.717) is 22.0 Å². The highest BCUT2D eigenvalue weighted by Crippen LogP contribution is 2.26. The SMILES string of the molecule is COc1ccccc1/C=C1\NC(=O)N(c2ccc(Cl)cc2)C1=O. The summed E-state index contributed by atoms with van der Waals surface area (Å²) in [5.41, 5.74) is 1.35. The largest absolute Gasteiger partial charge is 0.496 e. The molecule has 1 aliphatic heterocycles. The van der Waals surface area contributed by atoms with E-state index in [-0.39, 0.29) is 5.70 Å². The minimum atomic E-state index is -0.501. The van der Waals surface area contributed by atoms with Crippen LogP contribution in [-0.4, -0.2) is 19.0 Å². The Morgan fingerprint density at radius 3 is 2.48 bits per heavy atom. The van der Waals surface area contributed by atoms with Crippen molar-refractivity contribution in [2.45, 2.75) is 0 Å². The van der Waals surface area contributed by atoms with Crippen molar-refractivity contribution in [2.24, 2.45) is 0 Å². The first-order valence-corrected chi connectivity index (χ1v) is 7.23. The maximum atomic E-state index is 12.5. The zero-order valence-corrected chi connectivity index (χ0v) is 13.0. The average Bonchev–Trinajstić information content (AvgIpc) is 2.83. The lowest BCUT2D eigenvalue weighted by Gasteiger charge is -2.11. The van der Waals surface area contributed by atoms with E-state index in [1.165, 1.54) is 0 Å². The number of methoxy groups -OCH3 is 1. The summed E-state index contributed by atoms with van der Waals surface area (Å²) in [4.78, 5) is 25.7. The monoisotopic (exact) mass is 328 g/mol. The topological polar surface area (TPSA) is 58.6 Å². The van der Waals surface area contributed by atoms with Crippen LogP contribution in [0.2, 0.25) is 5.02 Å². The Morgan fingerprint density at radius 2 is 1.78 bits per heavy atom. The molecule has 1 aliphatic rings. The van der Waals surface area contributed by atoms with E-state index in [2.05, 4.69) is 5.32 Å². The zero-order chi connectivity index (χ0) is 16.4. The van der Waals surface area contributed by atoms with E-state index in [9.17, 15) is 9.59 Å². The Labute approximate surface area is 138 Å². The number of hydrogen-bond donors (Lipinski definition) is 1. The molecule has 1 saturated heterocycles. The first kappa shape index (κ1) is 15.1. The first-order chi connectivity index (χ1) is 11.1. The number of benzene rings is 2. The van der Waals surface area contributed by atoms with Crippen molar-refractivity contribution in [3.63, 3.8) is 0 Å². The van der Waals surface area contributed by atoms with Crippen LogP contribution in [0.1, 0.15) is 5.56 Å². The van der Waals surface area contributed by atoms with Crippen molar-refractivity contribution in [1.29, 1.82) is 0 Å². The highest BCUT2D eigenvalue weighted by atomic mass is 35.5. The van der Waals surface area contributed by atoms with Crippen LogP contribution >= 0.6 is 11.6 Å². The van der Waals surface area contributed by atoms with Gasteiger partial charge in [-0.05, 0) is 36.4 Å². The van der Waals surface area contributed by atoms with Crippen LogP contribution in [-0.2, 0) is 4.79 Å². The van der Waals surface area contributed by atoms with Gasteiger partial charge in [-0.2, -0.15) is 0 Å². The predicted molar refractivity (Wildman–Crippen MR) is 88.4 cm³/mol. The Morgan fingerprint density at radius 1 is 1.09 bits per heavy atom. The van der Waals surface area contributed by atoms with Gasteiger partial charge in [0.25, 0.3) is 5.91 Å². The normalized spacial score (nSPS) is 15.9. The summed E-state index contributed by atoms with van der Waals surface area (Å²) in [5, 5.41) is 3.11. The van der Waals surface area contributed by atoms with Crippen molar-refractivity contribution >= 4 is 35.3 Å². The second kappa shape index (κ2) is 6.14. The first-order valence-electron chi connectivity index (χ1n) is 6.86. The molecular formula is C17H13ClN2O3. The lowest BCUT2D eigenvalue weighted by molar-refractivity contribution is -0.113. The van der Waals surface area contributed by atoms with Gasteiger partial charge in [-0.25, -0.2) is 9.69 Å². The van der Waals surface area contributed by atoms with E-state index >= 15 is 0 Å². The number of imide groups is 1. The van der Waals surface area contributed by atoms with E-state index < -0.39 is 11.9 Å². The molecule has 1 heterocycles. The fraction of sp³-hybridized carbons (Fsp3) is 0.0588. The quantitative estimate of drug-likeness (QED) is 0.693. The lowest BCUT2D eigenvalue weighted by atomic mass is 10.1. The van der Waals surface area contributed by atoms with Crippen LogP contribution in [0.3, 0.4) is 0 Å². The smallest absolute Gasteiger partial charge is 0.333 e. The van der Waals surface area contributed by atoms with Gasteiger partial charge in [0.15, 0.2) is 0 Å². The van der Waals surface area contributed by atoms with Crippen molar-refractivity contribution < 1.29 is 14.3 Å². The molecule has 0 radical (unpaired) electrons. The fourth-order valence-corrected chi connectivity index (χ4v) is 2.43. The lowest BCUT2D eigenvalue weighted by Crippen LogP contribution is -2.30. The molecule has 0 atom stereocenters. The van der Waals surface area contributed by atoms with Gasteiger partial charge in [-0.15, -0.1) is 0 Å². The molecule has 0 saturated carbocycles. The maximum absolute atomic E-state index is 12.5. The molecule has 6 heteroatoms. The van der Waals surface area contributed by atoms with Crippen molar-refractivity contribution in [1.82, 2.24) is 5.32 Å². The molecule has 2 aromatic carbocycles. The van der Waals surface area contributed by atoms with Gasteiger partial charge < -0.3 is 10.1 Å². The molecule has 3 rings (SSSR count). The second-order valence-corrected chi connectivity index (χ2v) is 5.28. The van der Waals surface area contributed by atoms with Crippen LogP contribution in [0.5, 0.6) is 5.75 Å². The van der Waals surface area contributed by atoms with Crippen molar-refractivity contribution in [3.8, 4) is 5.75 Å². The third-order valence-electron chi connectivity index (χ3n) is 3.40.